The van der Waals surface area contributed by atoms with Crippen molar-refractivity contribution in [2.45, 2.75) is 40.0 Å². The minimum absolute atomic E-state index is 0.0584. The van der Waals surface area contributed by atoms with E-state index < -0.39 is 0 Å². The van der Waals surface area contributed by atoms with Gasteiger partial charge in [0.1, 0.15) is 0 Å². The molecule has 0 aliphatic carbocycles. The number of rotatable bonds is 8. The van der Waals surface area contributed by atoms with Gasteiger partial charge in [-0.2, -0.15) is 0 Å². The van der Waals surface area contributed by atoms with Gasteiger partial charge >= 0.3 is 0 Å². The van der Waals surface area contributed by atoms with Gasteiger partial charge in [0.05, 0.1) is 6.20 Å². The molecule has 0 unspecified atom stereocenters. The molecule has 0 atom stereocenters. The lowest BCUT2D eigenvalue weighted by Crippen LogP contribution is -2.18. The molecule has 1 heterocycles. The molecule has 2 aromatic carbocycles. The Morgan fingerprint density at radius 3 is 2.57 bits per heavy atom. The highest BCUT2D eigenvalue weighted by Gasteiger charge is 2.11. The summed E-state index contributed by atoms with van der Waals surface area (Å²) in [6.07, 6.45) is 3.28. The molecule has 0 saturated heterocycles. The summed E-state index contributed by atoms with van der Waals surface area (Å²) in [4.78, 5) is 28.6. The maximum absolute atomic E-state index is 12.4. The molecule has 0 radical (unpaired) electrons. The molecule has 0 aliphatic heterocycles. The minimum atomic E-state index is -0.109. The van der Waals surface area contributed by atoms with Crippen molar-refractivity contribution in [3.63, 3.8) is 0 Å². The molecule has 2 amide bonds. The van der Waals surface area contributed by atoms with Crippen LogP contribution in [0.1, 0.15) is 38.1 Å². The molecule has 0 saturated carbocycles. The lowest BCUT2D eigenvalue weighted by Gasteiger charge is -2.12. The standard InChI is InChI=1S/C24H27N3O3/c1-16(2)24(29)26-19-13-12-17(3)20(14-19)27-22(28)10-7-11-23-25-15-21(30-23)18-8-5-4-6-9-18/h4-6,8-9,12-16H,7,10-11H2,1-3H3,(H,26,29)(H,27,28). The van der Waals surface area contributed by atoms with Crippen LogP contribution in [-0.2, 0) is 16.0 Å². The molecule has 3 aromatic rings. The van der Waals surface area contributed by atoms with Crippen molar-refractivity contribution in [2.24, 2.45) is 5.92 Å². The number of nitrogens with zero attached hydrogens (tertiary/aromatic N) is 1. The summed E-state index contributed by atoms with van der Waals surface area (Å²) in [5, 5.41) is 5.78. The van der Waals surface area contributed by atoms with Crippen molar-refractivity contribution in [3.8, 4) is 11.3 Å². The first-order valence-electron chi connectivity index (χ1n) is 10.1. The predicted octanol–water partition coefficient (Wildman–Crippen LogP) is 5.21. The van der Waals surface area contributed by atoms with Crippen LogP contribution in [0.25, 0.3) is 11.3 Å². The Balaban J connectivity index is 1.51. The number of aryl methyl sites for hydroxylation is 2. The van der Waals surface area contributed by atoms with Crippen molar-refractivity contribution in [2.75, 3.05) is 10.6 Å². The van der Waals surface area contributed by atoms with E-state index in [1.165, 1.54) is 0 Å². The second kappa shape index (κ2) is 9.87. The minimum Gasteiger partial charge on any atom is -0.441 e. The van der Waals surface area contributed by atoms with Gasteiger partial charge < -0.3 is 15.1 Å². The highest BCUT2D eigenvalue weighted by Crippen LogP contribution is 2.22. The fraction of sp³-hybridized carbons (Fsp3) is 0.292. The number of nitrogens with one attached hydrogen (secondary N) is 2. The molecular formula is C24H27N3O3. The van der Waals surface area contributed by atoms with Crippen LogP contribution in [0.3, 0.4) is 0 Å². The third-order valence-corrected chi connectivity index (χ3v) is 4.71. The number of anilines is 2. The third-order valence-electron chi connectivity index (χ3n) is 4.71. The first-order valence-corrected chi connectivity index (χ1v) is 10.1. The number of carbonyl (C=O) groups excluding carboxylic acids is 2. The third kappa shape index (κ3) is 5.80. The quantitative estimate of drug-likeness (QED) is 0.539. The Hall–Kier alpha value is -3.41. The summed E-state index contributed by atoms with van der Waals surface area (Å²) in [5.41, 5.74) is 3.28. The topological polar surface area (TPSA) is 84.2 Å². The molecule has 0 aliphatic rings. The van der Waals surface area contributed by atoms with Crippen molar-refractivity contribution >= 4 is 23.2 Å². The van der Waals surface area contributed by atoms with E-state index in [1.807, 2.05) is 63.2 Å². The Kier molecular flexibility index (Phi) is 7.01. The maximum atomic E-state index is 12.4. The van der Waals surface area contributed by atoms with Crippen LogP contribution in [0.2, 0.25) is 0 Å². The highest BCUT2D eigenvalue weighted by molar-refractivity contribution is 5.95. The van der Waals surface area contributed by atoms with Crippen LogP contribution in [0, 0.1) is 12.8 Å². The second-order valence-corrected chi connectivity index (χ2v) is 7.56. The summed E-state index contributed by atoms with van der Waals surface area (Å²) in [6, 6.07) is 15.3. The van der Waals surface area contributed by atoms with E-state index in [-0.39, 0.29) is 17.7 Å². The smallest absolute Gasteiger partial charge is 0.226 e. The average molecular weight is 405 g/mol. The normalized spacial score (nSPS) is 10.8. The maximum Gasteiger partial charge on any atom is 0.226 e. The first kappa shape index (κ1) is 21.3. The predicted molar refractivity (Wildman–Crippen MR) is 118 cm³/mol. The average Bonchev–Trinajstić information content (AvgIpc) is 3.20. The molecule has 6 heteroatoms. The largest absolute Gasteiger partial charge is 0.441 e. The van der Waals surface area contributed by atoms with Crippen LogP contribution in [0.15, 0.2) is 59.1 Å². The van der Waals surface area contributed by atoms with Crippen molar-refractivity contribution < 1.29 is 14.0 Å². The van der Waals surface area contributed by atoms with Gasteiger partial charge in [-0.05, 0) is 31.0 Å². The van der Waals surface area contributed by atoms with E-state index in [1.54, 1.807) is 12.3 Å². The monoisotopic (exact) mass is 405 g/mol. The van der Waals surface area contributed by atoms with Crippen molar-refractivity contribution in [3.05, 3.63) is 66.2 Å². The number of oxazole rings is 1. The number of aromatic nitrogens is 1. The van der Waals surface area contributed by atoms with E-state index in [0.29, 0.717) is 36.5 Å². The molecular weight excluding hydrogens is 378 g/mol. The molecule has 1 aromatic heterocycles. The molecule has 156 valence electrons. The van der Waals surface area contributed by atoms with E-state index in [4.69, 9.17) is 4.42 Å². The van der Waals surface area contributed by atoms with Gasteiger partial charge in [-0.15, -0.1) is 0 Å². The zero-order valence-electron chi connectivity index (χ0n) is 17.6. The van der Waals surface area contributed by atoms with Gasteiger partial charge in [0.2, 0.25) is 11.8 Å². The molecule has 3 rings (SSSR count). The number of carbonyl (C=O) groups is 2. The van der Waals surface area contributed by atoms with Crippen LogP contribution in [0.5, 0.6) is 0 Å². The van der Waals surface area contributed by atoms with Crippen LogP contribution < -0.4 is 10.6 Å². The lowest BCUT2D eigenvalue weighted by atomic mass is 10.1. The number of amides is 2. The van der Waals surface area contributed by atoms with Crippen molar-refractivity contribution in [1.82, 2.24) is 4.98 Å². The number of hydrogen-bond acceptors (Lipinski definition) is 4. The van der Waals surface area contributed by atoms with Gasteiger partial charge in [0.25, 0.3) is 0 Å². The summed E-state index contributed by atoms with van der Waals surface area (Å²) >= 11 is 0. The van der Waals surface area contributed by atoms with Crippen LogP contribution >= 0.6 is 0 Å². The van der Waals surface area contributed by atoms with Gasteiger partial charge in [-0.25, -0.2) is 4.98 Å². The lowest BCUT2D eigenvalue weighted by molar-refractivity contribution is -0.119. The molecule has 0 bridgehead atoms. The second-order valence-electron chi connectivity index (χ2n) is 7.56. The Morgan fingerprint density at radius 2 is 1.83 bits per heavy atom. The summed E-state index contributed by atoms with van der Waals surface area (Å²) in [5.74, 6) is 1.10. The number of hydrogen-bond donors (Lipinski definition) is 2. The van der Waals surface area contributed by atoms with E-state index in [9.17, 15) is 9.59 Å². The fourth-order valence-electron chi connectivity index (χ4n) is 2.90. The van der Waals surface area contributed by atoms with Gasteiger partial charge in [-0.1, -0.05) is 50.2 Å². The van der Waals surface area contributed by atoms with Crippen LogP contribution in [0.4, 0.5) is 11.4 Å². The Morgan fingerprint density at radius 1 is 1.07 bits per heavy atom. The van der Waals surface area contributed by atoms with E-state index >= 15 is 0 Å². The van der Waals surface area contributed by atoms with E-state index in [0.717, 1.165) is 16.9 Å². The molecule has 30 heavy (non-hydrogen) atoms. The van der Waals surface area contributed by atoms with Gasteiger partial charge in [-0.3, -0.25) is 9.59 Å². The van der Waals surface area contributed by atoms with Gasteiger partial charge in [0.15, 0.2) is 11.7 Å². The Labute approximate surface area is 176 Å². The zero-order chi connectivity index (χ0) is 21.5. The fourth-order valence-corrected chi connectivity index (χ4v) is 2.90. The van der Waals surface area contributed by atoms with Crippen LogP contribution in [-0.4, -0.2) is 16.8 Å². The van der Waals surface area contributed by atoms with Gasteiger partial charge in [0, 0.05) is 35.7 Å². The molecule has 0 fully saturated rings. The van der Waals surface area contributed by atoms with Crippen molar-refractivity contribution in [1.29, 1.82) is 0 Å². The number of benzene rings is 2. The summed E-state index contributed by atoms with van der Waals surface area (Å²) < 4.78 is 5.78. The zero-order valence-corrected chi connectivity index (χ0v) is 17.6. The molecule has 2 N–H and O–H groups in total. The summed E-state index contributed by atoms with van der Waals surface area (Å²) in [7, 11) is 0. The Bertz CT molecular complexity index is 1010. The van der Waals surface area contributed by atoms with E-state index in [2.05, 4.69) is 15.6 Å². The first-order chi connectivity index (χ1) is 14.4. The molecule has 0 spiro atoms. The molecule has 6 nitrogen and oxygen atoms in total. The SMILES string of the molecule is Cc1ccc(NC(=O)C(C)C)cc1NC(=O)CCCc1ncc(-c2ccccc2)o1. The summed E-state index contributed by atoms with van der Waals surface area (Å²) in [6.45, 7) is 5.59. The highest BCUT2D eigenvalue weighted by atomic mass is 16.4.